The average Bonchev–Trinajstić information content (AvgIpc) is 2.71. The van der Waals surface area contributed by atoms with Crippen LogP contribution in [0.25, 0.3) is 0 Å². The molecule has 3 atom stereocenters. The SMILES string of the molecule is COC(=O)C(CO)NC(=O)C1COC(C)C1. The van der Waals surface area contributed by atoms with Crippen molar-refractivity contribution in [2.75, 3.05) is 20.3 Å². The Morgan fingerprint density at radius 3 is 2.75 bits per heavy atom. The Balaban J connectivity index is 2.46. The number of carbonyl (C=O) groups is 2. The molecule has 0 aromatic rings. The Bertz CT molecular complexity index is 268. The highest BCUT2D eigenvalue weighted by Gasteiger charge is 2.31. The third kappa shape index (κ3) is 3.18. The maximum atomic E-state index is 11.7. The Morgan fingerprint density at radius 1 is 1.62 bits per heavy atom. The van der Waals surface area contributed by atoms with Crippen LogP contribution >= 0.6 is 0 Å². The molecule has 92 valence electrons. The number of ether oxygens (including phenoxy) is 2. The van der Waals surface area contributed by atoms with Gasteiger partial charge in [-0.15, -0.1) is 0 Å². The minimum Gasteiger partial charge on any atom is -0.467 e. The smallest absolute Gasteiger partial charge is 0.330 e. The monoisotopic (exact) mass is 231 g/mol. The fraction of sp³-hybridized carbons (Fsp3) is 0.800. The van der Waals surface area contributed by atoms with E-state index in [1.165, 1.54) is 7.11 Å². The zero-order valence-electron chi connectivity index (χ0n) is 9.43. The van der Waals surface area contributed by atoms with Gasteiger partial charge in [-0.3, -0.25) is 4.79 Å². The summed E-state index contributed by atoms with van der Waals surface area (Å²) in [4.78, 5) is 22.8. The van der Waals surface area contributed by atoms with Crippen molar-refractivity contribution in [1.29, 1.82) is 0 Å². The number of aliphatic hydroxyl groups is 1. The van der Waals surface area contributed by atoms with E-state index in [4.69, 9.17) is 9.84 Å². The van der Waals surface area contributed by atoms with Crippen molar-refractivity contribution in [3.05, 3.63) is 0 Å². The van der Waals surface area contributed by atoms with E-state index in [1.807, 2.05) is 6.92 Å². The van der Waals surface area contributed by atoms with Gasteiger partial charge in [0.2, 0.25) is 5.91 Å². The number of hydrogen-bond donors (Lipinski definition) is 2. The van der Waals surface area contributed by atoms with E-state index in [0.717, 1.165) is 0 Å². The van der Waals surface area contributed by atoms with Gasteiger partial charge in [-0.2, -0.15) is 0 Å². The van der Waals surface area contributed by atoms with E-state index >= 15 is 0 Å². The van der Waals surface area contributed by atoms with Gasteiger partial charge in [-0.25, -0.2) is 4.79 Å². The van der Waals surface area contributed by atoms with Gasteiger partial charge in [0.15, 0.2) is 6.04 Å². The molecule has 1 amide bonds. The van der Waals surface area contributed by atoms with Crippen molar-refractivity contribution in [3.8, 4) is 0 Å². The van der Waals surface area contributed by atoms with Gasteiger partial charge in [-0.1, -0.05) is 0 Å². The van der Waals surface area contributed by atoms with Gasteiger partial charge in [0, 0.05) is 0 Å². The normalized spacial score (nSPS) is 26.2. The third-order valence-corrected chi connectivity index (χ3v) is 2.55. The zero-order valence-corrected chi connectivity index (χ0v) is 9.43. The number of methoxy groups -OCH3 is 1. The van der Waals surface area contributed by atoms with Crippen LogP contribution in [-0.2, 0) is 19.1 Å². The first-order chi connectivity index (χ1) is 7.58. The van der Waals surface area contributed by atoms with Gasteiger partial charge in [0.1, 0.15) is 0 Å². The molecule has 1 aliphatic heterocycles. The van der Waals surface area contributed by atoms with Crippen LogP contribution in [0.2, 0.25) is 0 Å². The van der Waals surface area contributed by atoms with Crippen LogP contribution in [0.15, 0.2) is 0 Å². The number of amides is 1. The van der Waals surface area contributed by atoms with Gasteiger partial charge in [0.05, 0.1) is 32.3 Å². The van der Waals surface area contributed by atoms with Gasteiger partial charge in [-0.05, 0) is 13.3 Å². The molecule has 6 nitrogen and oxygen atoms in total. The van der Waals surface area contributed by atoms with E-state index in [2.05, 4.69) is 10.1 Å². The standard InChI is InChI=1S/C10H17NO5/c1-6-3-7(5-16-6)9(13)11-8(4-12)10(14)15-2/h6-8,12H,3-5H2,1-2H3,(H,11,13). The summed E-state index contributed by atoms with van der Waals surface area (Å²) in [5.74, 6) is -1.19. The second-order valence-corrected chi connectivity index (χ2v) is 3.84. The predicted octanol–water partition coefficient (Wildman–Crippen LogP) is -0.938. The molecule has 2 N–H and O–H groups in total. The predicted molar refractivity (Wildman–Crippen MR) is 54.6 cm³/mol. The second-order valence-electron chi connectivity index (χ2n) is 3.84. The van der Waals surface area contributed by atoms with Crippen LogP contribution in [0.5, 0.6) is 0 Å². The summed E-state index contributed by atoms with van der Waals surface area (Å²) < 4.78 is 9.69. The Kier molecular flexibility index (Phi) is 4.70. The van der Waals surface area contributed by atoms with Crippen LogP contribution in [0.1, 0.15) is 13.3 Å². The van der Waals surface area contributed by atoms with Crippen LogP contribution < -0.4 is 5.32 Å². The fourth-order valence-corrected chi connectivity index (χ4v) is 1.61. The van der Waals surface area contributed by atoms with Crippen molar-refractivity contribution in [3.63, 3.8) is 0 Å². The molecule has 6 heteroatoms. The topological polar surface area (TPSA) is 84.9 Å². The molecule has 0 aromatic carbocycles. The summed E-state index contributed by atoms with van der Waals surface area (Å²) in [6.07, 6.45) is 0.687. The van der Waals surface area contributed by atoms with Crippen molar-refractivity contribution in [2.24, 2.45) is 5.92 Å². The highest BCUT2D eigenvalue weighted by Crippen LogP contribution is 2.19. The first-order valence-corrected chi connectivity index (χ1v) is 5.19. The molecule has 0 aliphatic carbocycles. The lowest BCUT2D eigenvalue weighted by Crippen LogP contribution is -2.46. The largest absolute Gasteiger partial charge is 0.467 e. The van der Waals surface area contributed by atoms with Crippen molar-refractivity contribution < 1.29 is 24.2 Å². The molecular weight excluding hydrogens is 214 g/mol. The molecule has 1 saturated heterocycles. The Hall–Kier alpha value is -1.14. The lowest BCUT2D eigenvalue weighted by molar-refractivity contribution is -0.146. The Labute approximate surface area is 93.9 Å². The molecule has 1 heterocycles. The van der Waals surface area contributed by atoms with E-state index < -0.39 is 18.6 Å². The number of nitrogens with one attached hydrogen (secondary N) is 1. The number of aliphatic hydroxyl groups excluding tert-OH is 1. The number of rotatable bonds is 4. The maximum Gasteiger partial charge on any atom is 0.330 e. The number of carbonyl (C=O) groups excluding carboxylic acids is 2. The quantitative estimate of drug-likeness (QED) is 0.610. The maximum absolute atomic E-state index is 11.7. The minimum absolute atomic E-state index is 0.0569. The van der Waals surface area contributed by atoms with Crippen LogP contribution in [0.3, 0.4) is 0 Å². The van der Waals surface area contributed by atoms with Crippen LogP contribution in [0.4, 0.5) is 0 Å². The minimum atomic E-state index is -0.992. The van der Waals surface area contributed by atoms with Gasteiger partial charge in [0.25, 0.3) is 0 Å². The summed E-state index contributed by atoms with van der Waals surface area (Å²) in [7, 11) is 1.21. The third-order valence-electron chi connectivity index (χ3n) is 2.55. The molecule has 16 heavy (non-hydrogen) atoms. The zero-order chi connectivity index (χ0) is 12.1. The highest BCUT2D eigenvalue weighted by molar-refractivity contribution is 5.86. The lowest BCUT2D eigenvalue weighted by Gasteiger charge is -2.16. The van der Waals surface area contributed by atoms with E-state index in [9.17, 15) is 9.59 Å². The molecule has 3 unspecified atom stereocenters. The van der Waals surface area contributed by atoms with Crippen LogP contribution in [-0.4, -0.2) is 49.5 Å². The molecule has 0 saturated carbocycles. The summed E-state index contributed by atoms with van der Waals surface area (Å²) >= 11 is 0. The highest BCUT2D eigenvalue weighted by atomic mass is 16.5. The summed E-state index contributed by atoms with van der Waals surface area (Å²) in [5.41, 5.74) is 0. The van der Waals surface area contributed by atoms with E-state index in [0.29, 0.717) is 13.0 Å². The summed E-state index contributed by atoms with van der Waals surface area (Å²) in [6.45, 7) is 1.77. The van der Waals surface area contributed by atoms with E-state index in [1.54, 1.807) is 0 Å². The number of esters is 1. The summed E-state index contributed by atoms with van der Waals surface area (Å²) in [6, 6.07) is -0.992. The molecule has 1 aliphatic rings. The lowest BCUT2D eigenvalue weighted by atomic mass is 10.1. The number of hydrogen-bond acceptors (Lipinski definition) is 5. The Morgan fingerprint density at radius 2 is 2.31 bits per heavy atom. The molecule has 0 spiro atoms. The molecule has 0 aromatic heterocycles. The van der Waals surface area contributed by atoms with Crippen molar-refractivity contribution >= 4 is 11.9 Å². The molecule has 1 fully saturated rings. The second kappa shape index (κ2) is 5.81. The first kappa shape index (κ1) is 12.9. The molecule has 1 rings (SSSR count). The molecular formula is C10H17NO5. The average molecular weight is 231 g/mol. The van der Waals surface area contributed by atoms with Crippen molar-refractivity contribution in [2.45, 2.75) is 25.5 Å². The first-order valence-electron chi connectivity index (χ1n) is 5.19. The summed E-state index contributed by atoms with van der Waals surface area (Å²) in [5, 5.41) is 11.4. The van der Waals surface area contributed by atoms with Crippen LogP contribution in [0, 0.1) is 5.92 Å². The van der Waals surface area contributed by atoms with Gasteiger partial charge < -0.3 is 19.9 Å². The fourth-order valence-electron chi connectivity index (χ4n) is 1.61. The molecule has 0 bridgehead atoms. The van der Waals surface area contributed by atoms with E-state index in [-0.39, 0.29) is 17.9 Å². The van der Waals surface area contributed by atoms with Crippen molar-refractivity contribution in [1.82, 2.24) is 5.32 Å². The molecule has 0 radical (unpaired) electrons. The van der Waals surface area contributed by atoms with Gasteiger partial charge >= 0.3 is 5.97 Å².